The summed E-state index contributed by atoms with van der Waals surface area (Å²) in [5.74, 6) is -0.537. The van der Waals surface area contributed by atoms with Crippen molar-refractivity contribution in [3.63, 3.8) is 0 Å². The Kier molecular flexibility index (Phi) is 6.66. The third-order valence-corrected chi connectivity index (χ3v) is 7.39. The van der Waals surface area contributed by atoms with Gasteiger partial charge in [0, 0.05) is 15.7 Å². The van der Waals surface area contributed by atoms with Crippen LogP contribution in [-0.4, -0.2) is 30.4 Å². The van der Waals surface area contributed by atoms with E-state index in [9.17, 15) is 13.2 Å². The zero-order chi connectivity index (χ0) is 22.1. The molecule has 0 atom stereocenters. The molecule has 3 rings (SSSR count). The van der Waals surface area contributed by atoms with E-state index in [0.717, 1.165) is 17.3 Å². The van der Waals surface area contributed by atoms with Crippen molar-refractivity contribution >= 4 is 62.2 Å². The monoisotopic (exact) mass is 484 g/mol. The molecule has 0 spiro atoms. The molecular weight excluding hydrogens is 467 g/mol. The normalized spacial score (nSPS) is 11.5. The highest BCUT2D eigenvalue weighted by Gasteiger charge is 2.29. The molecule has 3 N–H and O–H groups in total. The van der Waals surface area contributed by atoms with Crippen molar-refractivity contribution in [3.8, 4) is 0 Å². The number of carbonyl (C=O) groups excluding carboxylic acids is 1. The van der Waals surface area contributed by atoms with Crippen LogP contribution >= 0.6 is 35.0 Å². The third kappa shape index (κ3) is 4.59. The number of hydrogen-bond acceptors (Lipinski definition) is 6. The molecule has 1 heterocycles. The van der Waals surface area contributed by atoms with Gasteiger partial charge in [-0.05, 0) is 55.1 Å². The van der Waals surface area contributed by atoms with Gasteiger partial charge in [-0.1, -0.05) is 29.3 Å². The fraction of sp³-hybridized carbons (Fsp3) is 0.158. The van der Waals surface area contributed by atoms with Gasteiger partial charge in [-0.25, -0.2) is 13.1 Å². The zero-order valence-electron chi connectivity index (χ0n) is 16.0. The van der Waals surface area contributed by atoms with Gasteiger partial charge < -0.3 is 11.1 Å². The molecular formula is C19H18Cl2N4O3S2. The maximum Gasteiger partial charge on any atom is 0.246 e. The van der Waals surface area contributed by atoms with E-state index in [1.54, 1.807) is 24.5 Å². The van der Waals surface area contributed by atoms with E-state index < -0.39 is 15.7 Å². The molecule has 158 valence electrons. The molecule has 7 nitrogen and oxygen atoms in total. The molecule has 0 saturated carbocycles. The standard InChI is InChI=1S/C19H18Cl2N4O3S2/c1-11-3-4-13(21)9-15(11)23-16(26)10-25-18(22)17(19(24-25)29-2)30(27,28)14-7-5-12(20)6-8-14/h3-9H,10,22H2,1-2H3,(H,23,26). The number of amides is 1. The van der Waals surface area contributed by atoms with Gasteiger partial charge in [0.25, 0.3) is 0 Å². The van der Waals surface area contributed by atoms with Crippen LogP contribution in [0.2, 0.25) is 10.0 Å². The van der Waals surface area contributed by atoms with Gasteiger partial charge in [-0.15, -0.1) is 11.8 Å². The summed E-state index contributed by atoms with van der Waals surface area (Å²) < 4.78 is 27.4. The van der Waals surface area contributed by atoms with Crippen molar-refractivity contribution < 1.29 is 13.2 Å². The minimum absolute atomic E-state index is 0.0347. The summed E-state index contributed by atoms with van der Waals surface area (Å²) in [6.45, 7) is 1.57. The number of hydrogen-bond donors (Lipinski definition) is 2. The maximum absolute atomic E-state index is 13.1. The number of halogens is 2. The number of nitrogens with one attached hydrogen (secondary N) is 1. The first-order valence-corrected chi connectivity index (χ1v) is 12.1. The highest BCUT2D eigenvalue weighted by Crippen LogP contribution is 2.34. The smallest absolute Gasteiger partial charge is 0.246 e. The van der Waals surface area contributed by atoms with Crippen molar-refractivity contribution in [2.45, 2.75) is 28.3 Å². The molecule has 0 aliphatic carbocycles. The molecule has 0 fully saturated rings. The van der Waals surface area contributed by atoms with Crippen molar-refractivity contribution in [1.82, 2.24) is 9.78 Å². The van der Waals surface area contributed by atoms with Crippen molar-refractivity contribution in [1.29, 1.82) is 0 Å². The second-order valence-electron chi connectivity index (χ2n) is 6.35. The Hall–Kier alpha value is -2.20. The lowest BCUT2D eigenvalue weighted by Gasteiger charge is -2.10. The van der Waals surface area contributed by atoms with Gasteiger partial charge in [0.1, 0.15) is 22.3 Å². The van der Waals surface area contributed by atoms with Crippen LogP contribution < -0.4 is 11.1 Å². The first-order valence-electron chi connectivity index (χ1n) is 8.60. The first-order chi connectivity index (χ1) is 14.1. The SMILES string of the molecule is CSc1nn(CC(=O)Nc2cc(Cl)ccc2C)c(N)c1S(=O)(=O)c1ccc(Cl)cc1. The predicted octanol–water partition coefficient (Wildman–Crippen LogP) is 4.27. The predicted molar refractivity (Wildman–Crippen MR) is 120 cm³/mol. The van der Waals surface area contributed by atoms with Crippen LogP contribution in [0, 0.1) is 6.92 Å². The Balaban J connectivity index is 1.92. The summed E-state index contributed by atoms with van der Waals surface area (Å²) in [5.41, 5.74) is 7.49. The van der Waals surface area contributed by atoms with Crippen molar-refractivity contribution in [3.05, 3.63) is 58.1 Å². The number of carbonyl (C=O) groups is 1. The molecule has 1 aromatic heterocycles. The molecule has 11 heteroatoms. The number of nitrogens with zero attached hydrogens (tertiary/aromatic N) is 2. The Labute approximate surface area is 188 Å². The maximum atomic E-state index is 13.1. The fourth-order valence-corrected chi connectivity index (χ4v) is 5.46. The first kappa shape index (κ1) is 22.5. The molecule has 0 aliphatic heterocycles. The van der Waals surface area contributed by atoms with E-state index in [1.165, 1.54) is 28.9 Å². The van der Waals surface area contributed by atoms with E-state index in [1.807, 2.05) is 6.92 Å². The molecule has 2 aromatic carbocycles. The second-order valence-corrected chi connectivity index (χ2v) is 9.90. The lowest BCUT2D eigenvalue weighted by Crippen LogP contribution is -2.21. The van der Waals surface area contributed by atoms with Gasteiger partial charge >= 0.3 is 0 Å². The zero-order valence-corrected chi connectivity index (χ0v) is 19.2. The van der Waals surface area contributed by atoms with E-state index >= 15 is 0 Å². The van der Waals surface area contributed by atoms with E-state index in [2.05, 4.69) is 10.4 Å². The number of nitrogens with two attached hydrogens (primary N) is 1. The number of nitrogen functional groups attached to an aromatic ring is 1. The molecule has 0 saturated heterocycles. The van der Waals surface area contributed by atoms with Crippen LogP contribution in [0.25, 0.3) is 0 Å². The van der Waals surface area contributed by atoms with Crippen LogP contribution in [0.5, 0.6) is 0 Å². The number of thioether (sulfide) groups is 1. The average Bonchev–Trinajstić information content (AvgIpc) is 3.01. The lowest BCUT2D eigenvalue weighted by molar-refractivity contribution is -0.116. The summed E-state index contributed by atoms with van der Waals surface area (Å²) in [6, 6.07) is 10.9. The van der Waals surface area contributed by atoms with Gasteiger partial charge in [0.05, 0.1) is 4.90 Å². The van der Waals surface area contributed by atoms with Crippen molar-refractivity contribution in [2.75, 3.05) is 17.3 Å². The van der Waals surface area contributed by atoms with Crippen LogP contribution in [0.15, 0.2) is 57.3 Å². The molecule has 0 bridgehead atoms. The summed E-state index contributed by atoms with van der Waals surface area (Å²) in [4.78, 5) is 12.4. The third-order valence-electron chi connectivity index (χ3n) is 4.27. The number of sulfone groups is 1. The molecule has 30 heavy (non-hydrogen) atoms. The largest absolute Gasteiger partial charge is 0.383 e. The highest BCUT2D eigenvalue weighted by atomic mass is 35.5. The van der Waals surface area contributed by atoms with Crippen molar-refractivity contribution in [2.24, 2.45) is 0 Å². The number of aromatic nitrogens is 2. The van der Waals surface area contributed by atoms with E-state index in [4.69, 9.17) is 28.9 Å². The molecule has 3 aromatic rings. The van der Waals surface area contributed by atoms with Crippen LogP contribution in [0.3, 0.4) is 0 Å². The molecule has 0 radical (unpaired) electrons. The molecule has 0 aliphatic rings. The molecule has 1 amide bonds. The molecule has 0 unspecified atom stereocenters. The summed E-state index contributed by atoms with van der Waals surface area (Å²) in [7, 11) is -3.95. The Morgan fingerprint density at radius 2 is 1.80 bits per heavy atom. The van der Waals surface area contributed by atoms with Crippen LogP contribution in [0.1, 0.15) is 5.56 Å². The van der Waals surface area contributed by atoms with Gasteiger partial charge in [0.2, 0.25) is 15.7 Å². The number of rotatable bonds is 6. The lowest BCUT2D eigenvalue weighted by atomic mass is 10.2. The Bertz CT molecular complexity index is 1210. The summed E-state index contributed by atoms with van der Waals surface area (Å²) in [5, 5.41) is 8.06. The minimum atomic E-state index is -3.95. The van der Waals surface area contributed by atoms with Gasteiger partial charge in [0.15, 0.2) is 0 Å². The number of anilines is 2. The summed E-state index contributed by atoms with van der Waals surface area (Å²) >= 11 is 13.0. The van der Waals surface area contributed by atoms with Crippen LogP contribution in [0.4, 0.5) is 11.5 Å². The average molecular weight is 485 g/mol. The van der Waals surface area contributed by atoms with Crippen LogP contribution in [-0.2, 0) is 21.2 Å². The van der Waals surface area contributed by atoms with Gasteiger partial charge in [-0.3, -0.25) is 4.79 Å². The van der Waals surface area contributed by atoms with E-state index in [0.29, 0.717) is 15.7 Å². The number of aryl methyl sites for hydroxylation is 1. The fourth-order valence-electron chi connectivity index (χ4n) is 2.73. The Morgan fingerprint density at radius 3 is 2.43 bits per heavy atom. The highest BCUT2D eigenvalue weighted by molar-refractivity contribution is 7.99. The second kappa shape index (κ2) is 8.89. The van der Waals surface area contributed by atoms with Gasteiger partial charge in [-0.2, -0.15) is 5.10 Å². The number of benzene rings is 2. The quantitative estimate of drug-likeness (QED) is 0.505. The summed E-state index contributed by atoms with van der Waals surface area (Å²) in [6.07, 6.45) is 1.68. The minimum Gasteiger partial charge on any atom is -0.383 e. The topological polar surface area (TPSA) is 107 Å². The Morgan fingerprint density at radius 1 is 1.17 bits per heavy atom. The van der Waals surface area contributed by atoms with E-state index in [-0.39, 0.29) is 27.2 Å².